The molecule has 3 nitrogen and oxygen atoms in total. The molecule has 0 saturated heterocycles. The van der Waals surface area contributed by atoms with Crippen LogP contribution < -0.4 is 10.6 Å². The van der Waals surface area contributed by atoms with E-state index in [1.807, 2.05) is 30.3 Å². The molecular formula is C18H24N2O. The lowest BCUT2D eigenvalue weighted by Crippen LogP contribution is -2.17. The highest BCUT2D eigenvalue weighted by Crippen LogP contribution is 2.26. The fourth-order valence-electron chi connectivity index (χ4n) is 2.44. The number of nitrogens with one attached hydrogen (secondary N) is 2. The number of aromatic hydroxyl groups is 1. The van der Waals surface area contributed by atoms with Crippen LogP contribution >= 0.6 is 0 Å². The monoisotopic (exact) mass is 284 g/mol. The first-order chi connectivity index (χ1) is 10.0. The fraction of sp³-hybridized carbons (Fsp3) is 0.333. The minimum Gasteiger partial charge on any atom is -0.506 e. The van der Waals surface area contributed by atoms with Crippen molar-refractivity contribution >= 4 is 17.1 Å². The highest BCUT2D eigenvalue weighted by molar-refractivity contribution is 5.67. The molecule has 0 bridgehead atoms. The number of para-hydroxylation sites is 2. The van der Waals surface area contributed by atoms with Gasteiger partial charge in [0.1, 0.15) is 5.75 Å². The molecule has 0 spiro atoms. The average molecular weight is 284 g/mol. The molecule has 2 rings (SSSR count). The zero-order chi connectivity index (χ0) is 15.2. The molecule has 3 N–H and O–H groups in total. The number of hydrogen-bond acceptors (Lipinski definition) is 3. The highest BCUT2D eigenvalue weighted by atomic mass is 16.3. The van der Waals surface area contributed by atoms with Crippen molar-refractivity contribution < 1.29 is 5.11 Å². The molecule has 1 unspecified atom stereocenters. The molecule has 0 heterocycles. The Morgan fingerprint density at radius 1 is 0.905 bits per heavy atom. The topological polar surface area (TPSA) is 44.3 Å². The molecule has 2 aromatic carbocycles. The summed E-state index contributed by atoms with van der Waals surface area (Å²) in [4.78, 5) is 0. The second kappa shape index (κ2) is 7.02. The van der Waals surface area contributed by atoms with Gasteiger partial charge in [-0.2, -0.15) is 0 Å². The Morgan fingerprint density at radius 3 is 2.14 bits per heavy atom. The predicted octanol–water partition coefficient (Wildman–Crippen LogP) is 4.98. The first-order valence-corrected chi connectivity index (χ1v) is 7.46. The molecule has 3 heteroatoms. The molecule has 0 radical (unpaired) electrons. The van der Waals surface area contributed by atoms with Crippen molar-refractivity contribution in [3.63, 3.8) is 0 Å². The van der Waals surface area contributed by atoms with Crippen LogP contribution in [-0.4, -0.2) is 11.1 Å². The van der Waals surface area contributed by atoms with Gasteiger partial charge in [0.25, 0.3) is 0 Å². The van der Waals surface area contributed by atoms with Gasteiger partial charge in [-0.1, -0.05) is 26.0 Å². The van der Waals surface area contributed by atoms with E-state index in [2.05, 4.69) is 43.5 Å². The van der Waals surface area contributed by atoms with E-state index >= 15 is 0 Å². The van der Waals surface area contributed by atoms with Crippen molar-refractivity contribution in [1.82, 2.24) is 0 Å². The van der Waals surface area contributed by atoms with E-state index < -0.39 is 0 Å². The Bertz CT molecular complexity index is 564. The molecule has 0 saturated carbocycles. The van der Waals surface area contributed by atoms with E-state index in [0.29, 0.717) is 17.6 Å². The third-order valence-corrected chi connectivity index (χ3v) is 3.31. The van der Waals surface area contributed by atoms with E-state index in [0.717, 1.165) is 17.8 Å². The maximum absolute atomic E-state index is 9.75. The second-order valence-electron chi connectivity index (χ2n) is 5.89. The van der Waals surface area contributed by atoms with E-state index in [1.54, 1.807) is 6.07 Å². The van der Waals surface area contributed by atoms with Gasteiger partial charge in [-0.15, -0.1) is 0 Å². The summed E-state index contributed by atoms with van der Waals surface area (Å²) in [7, 11) is 0. The van der Waals surface area contributed by atoms with Crippen LogP contribution in [0.15, 0.2) is 48.5 Å². The standard InChI is InChI=1S/C18H24N2O/c1-13(2)12-14(3)19-15-8-10-16(11-9-15)20-17-6-4-5-7-18(17)21/h4-11,13-14,19-21H,12H2,1-3H3. The third-order valence-electron chi connectivity index (χ3n) is 3.31. The van der Waals surface area contributed by atoms with Crippen LogP contribution in [-0.2, 0) is 0 Å². The van der Waals surface area contributed by atoms with Gasteiger partial charge in [-0.25, -0.2) is 0 Å². The van der Waals surface area contributed by atoms with Crippen molar-refractivity contribution in [3.8, 4) is 5.75 Å². The van der Waals surface area contributed by atoms with Gasteiger partial charge in [0.05, 0.1) is 5.69 Å². The molecule has 112 valence electrons. The molecular weight excluding hydrogens is 260 g/mol. The quantitative estimate of drug-likeness (QED) is 0.655. The SMILES string of the molecule is CC(C)CC(C)Nc1ccc(Nc2ccccc2O)cc1. The summed E-state index contributed by atoms with van der Waals surface area (Å²) < 4.78 is 0. The summed E-state index contributed by atoms with van der Waals surface area (Å²) in [6.07, 6.45) is 1.15. The van der Waals surface area contributed by atoms with Crippen molar-refractivity contribution in [2.24, 2.45) is 5.92 Å². The van der Waals surface area contributed by atoms with Gasteiger partial charge >= 0.3 is 0 Å². The minimum atomic E-state index is 0.255. The highest BCUT2D eigenvalue weighted by Gasteiger charge is 2.05. The zero-order valence-corrected chi connectivity index (χ0v) is 12.9. The van der Waals surface area contributed by atoms with Crippen LogP contribution in [0.4, 0.5) is 17.1 Å². The first kappa shape index (κ1) is 15.2. The van der Waals surface area contributed by atoms with Crippen LogP contribution in [0.5, 0.6) is 5.75 Å². The number of anilines is 3. The smallest absolute Gasteiger partial charge is 0.139 e. The van der Waals surface area contributed by atoms with Crippen LogP contribution in [0.3, 0.4) is 0 Å². The summed E-state index contributed by atoms with van der Waals surface area (Å²) in [5, 5.41) is 16.5. The Morgan fingerprint density at radius 2 is 1.52 bits per heavy atom. The van der Waals surface area contributed by atoms with Crippen molar-refractivity contribution in [3.05, 3.63) is 48.5 Å². The van der Waals surface area contributed by atoms with Crippen LogP contribution in [0, 0.1) is 5.92 Å². The third kappa shape index (κ3) is 4.71. The Labute approximate surface area is 127 Å². The number of benzene rings is 2. The minimum absolute atomic E-state index is 0.255. The summed E-state index contributed by atoms with van der Waals surface area (Å²) in [5.41, 5.74) is 2.79. The predicted molar refractivity (Wildman–Crippen MR) is 90.4 cm³/mol. The van der Waals surface area contributed by atoms with Crippen molar-refractivity contribution in [1.29, 1.82) is 0 Å². The summed E-state index contributed by atoms with van der Waals surface area (Å²) in [5.74, 6) is 0.944. The van der Waals surface area contributed by atoms with E-state index in [1.165, 1.54) is 0 Å². The largest absolute Gasteiger partial charge is 0.506 e. The molecule has 21 heavy (non-hydrogen) atoms. The summed E-state index contributed by atoms with van der Waals surface area (Å²) >= 11 is 0. The molecule has 0 aliphatic rings. The molecule has 0 aliphatic heterocycles. The normalized spacial score (nSPS) is 12.2. The number of phenols is 1. The van der Waals surface area contributed by atoms with E-state index in [9.17, 15) is 5.11 Å². The number of rotatable bonds is 6. The van der Waals surface area contributed by atoms with Crippen LogP contribution in [0.2, 0.25) is 0 Å². The Hall–Kier alpha value is -2.16. The molecule has 1 atom stereocenters. The van der Waals surface area contributed by atoms with Gasteiger partial charge in [0, 0.05) is 17.4 Å². The van der Waals surface area contributed by atoms with Crippen molar-refractivity contribution in [2.45, 2.75) is 33.2 Å². The molecule has 0 aromatic heterocycles. The number of phenolic OH excluding ortho intramolecular Hbond substituents is 1. The van der Waals surface area contributed by atoms with Crippen LogP contribution in [0.1, 0.15) is 27.2 Å². The second-order valence-corrected chi connectivity index (χ2v) is 5.89. The average Bonchev–Trinajstić information content (AvgIpc) is 2.42. The lowest BCUT2D eigenvalue weighted by atomic mass is 10.1. The lowest BCUT2D eigenvalue weighted by molar-refractivity contribution is 0.478. The van der Waals surface area contributed by atoms with Crippen molar-refractivity contribution in [2.75, 3.05) is 10.6 Å². The zero-order valence-electron chi connectivity index (χ0n) is 12.9. The molecule has 0 aliphatic carbocycles. The van der Waals surface area contributed by atoms with Gasteiger partial charge in [0.2, 0.25) is 0 Å². The van der Waals surface area contributed by atoms with E-state index in [4.69, 9.17) is 0 Å². The van der Waals surface area contributed by atoms with Crippen LogP contribution in [0.25, 0.3) is 0 Å². The van der Waals surface area contributed by atoms with Gasteiger partial charge in [-0.3, -0.25) is 0 Å². The molecule has 0 amide bonds. The van der Waals surface area contributed by atoms with Gasteiger partial charge < -0.3 is 15.7 Å². The lowest BCUT2D eigenvalue weighted by Gasteiger charge is -2.17. The number of hydrogen-bond donors (Lipinski definition) is 3. The fourth-order valence-corrected chi connectivity index (χ4v) is 2.44. The van der Waals surface area contributed by atoms with Gasteiger partial charge in [0.15, 0.2) is 0 Å². The first-order valence-electron chi connectivity index (χ1n) is 7.46. The van der Waals surface area contributed by atoms with Gasteiger partial charge in [-0.05, 0) is 55.7 Å². The maximum Gasteiger partial charge on any atom is 0.139 e. The Balaban J connectivity index is 1.97. The molecule has 2 aromatic rings. The maximum atomic E-state index is 9.75. The summed E-state index contributed by atoms with van der Waals surface area (Å²) in [6, 6.07) is 15.8. The Kier molecular flexibility index (Phi) is 5.09. The summed E-state index contributed by atoms with van der Waals surface area (Å²) in [6.45, 7) is 6.67. The van der Waals surface area contributed by atoms with E-state index in [-0.39, 0.29) is 5.75 Å². The molecule has 0 fully saturated rings.